The molecule has 0 saturated carbocycles. The Morgan fingerprint density at radius 2 is 1.89 bits per heavy atom. The largest absolute Gasteiger partial charge is 0.320 e. The monoisotopic (exact) mass is 242 g/mol. The van der Waals surface area contributed by atoms with Crippen molar-refractivity contribution in [1.29, 1.82) is 0 Å². The molecule has 1 heterocycles. The summed E-state index contributed by atoms with van der Waals surface area (Å²) in [6.45, 7) is 5.67. The summed E-state index contributed by atoms with van der Waals surface area (Å²) in [6.07, 6.45) is 2.19. The average Bonchev–Trinajstić information content (AvgIpc) is 2.36. The lowest BCUT2D eigenvalue weighted by atomic mass is 9.84. The van der Waals surface area contributed by atoms with E-state index in [-0.39, 0.29) is 0 Å². The lowest BCUT2D eigenvalue weighted by molar-refractivity contribution is 0.327. The maximum atomic E-state index is 4.75. The van der Waals surface area contributed by atoms with Gasteiger partial charge in [0, 0.05) is 11.1 Å². The van der Waals surface area contributed by atoms with Crippen LogP contribution in [-0.2, 0) is 6.42 Å². The molecule has 2 aromatic rings. The molecule has 2 heteroatoms. The summed E-state index contributed by atoms with van der Waals surface area (Å²) in [7, 11) is 2.00. The van der Waals surface area contributed by atoms with Crippen molar-refractivity contribution in [3.63, 3.8) is 0 Å². The average molecular weight is 242 g/mol. The van der Waals surface area contributed by atoms with E-state index in [1.54, 1.807) is 0 Å². The number of benzene rings is 1. The Morgan fingerprint density at radius 1 is 1.11 bits per heavy atom. The molecule has 1 aromatic carbocycles. The van der Waals surface area contributed by atoms with Gasteiger partial charge in [0.2, 0.25) is 0 Å². The first kappa shape index (κ1) is 13.0. The molecular weight excluding hydrogens is 220 g/mol. The highest BCUT2D eigenvalue weighted by Gasteiger charge is 2.18. The molecule has 2 nitrogen and oxygen atoms in total. The quantitative estimate of drug-likeness (QED) is 0.869. The van der Waals surface area contributed by atoms with Crippen LogP contribution in [-0.4, -0.2) is 18.6 Å². The predicted molar refractivity (Wildman–Crippen MR) is 77.8 cm³/mol. The number of fused-ring (bicyclic) bond motifs is 1. The van der Waals surface area contributed by atoms with Crippen molar-refractivity contribution in [3.8, 4) is 0 Å². The minimum Gasteiger partial charge on any atom is -0.320 e. The number of nitrogens with one attached hydrogen (secondary N) is 1. The van der Waals surface area contributed by atoms with Crippen molar-refractivity contribution >= 4 is 10.9 Å². The fraction of sp³-hybridized carbons (Fsp3) is 0.438. The van der Waals surface area contributed by atoms with Crippen molar-refractivity contribution in [2.75, 3.05) is 13.6 Å². The van der Waals surface area contributed by atoms with Crippen LogP contribution in [0.4, 0.5) is 0 Å². The summed E-state index contributed by atoms with van der Waals surface area (Å²) >= 11 is 0. The topological polar surface area (TPSA) is 24.9 Å². The Kier molecular flexibility index (Phi) is 3.97. The number of rotatable bonds is 5. The van der Waals surface area contributed by atoms with E-state index in [2.05, 4.69) is 49.5 Å². The first-order valence-corrected chi connectivity index (χ1v) is 6.60. The highest BCUT2D eigenvalue weighted by Crippen LogP contribution is 2.25. The van der Waals surface area contributed by atoms with Crippen molar-refractivity contribution < 1.29 is 0 Å². The summed E-state index contributed by atoms with van der Waals surface area (Å²) in [5.41, 5.74) is 2.58. The molecule has 0 atom stereocenters. The van der Waals surface area contributed by atoms with E-state index in [1.807, 2.05) is 13.1 Å². The number of pyridine rings is 1. The number of hydrogen-bond donors (Lipinski definition) is 1. The standard InChI is InChI=1S/C16H22N2/c1-16(2,10-11-17-3)12-14-9-8-13-6-4-5-7-15(13)18-14/h4-9,17H,10-12H2,1-3H3. The van der Waals surface area contributed by atoms with Gasteiger partial charge < -0.3 is 5.32 Å². The van der Waals surface area contributed by atoms with Crippen LogP contribution >= 0.6 is 0 Å². The third-order valence-corrected chi connectivity index (χ3v) is 3.37. The maximum absolute atomic E-state index is 4.75. The van der Waals surface area contributed by atoms with Gasteiger partial charge in [0.1, 0.15) is 0 Å². The molecule has 0 bridgehead atoms. The molecular formula is C16H22N2. The second-order valence-corrected chi connectivity index (χ2v) is 5.69. The molecule has 0 fully saturated rings. The number of hydrogen-bond acceptors (Lipinski definition) is 2. The van der Waals surface area contributed by atoms with E-state index >= 15 is 0 Å². The molecule has 96 valence electrons. The first-order valence-electron chi connectivity index (χ1n) is 6.60. The minimum atomic E-state index is 0.290. The molecule has 0 aliphatic carbocycles. The predicted octanol–water partition coefficient (Wildman–Crippen LogP) is 3.41. The van der Waals surface area contributed by atoms with Gasteiger partial charge in [-0.1, -0.05) is 38.1 Å². The van der Waals surface area contributed by atoms with E-state index in [0.29, 0.717) is 5.41 Å². The molecule has 2 rings (SSSR count). The second kappa shape index (κ2) is 5.49. The fourth-order valence-electron chi connectivity index (χ4n) is 2.25. The lowest BCUT2D eigenvalue weighted by Crippen LogP contribution is -2.22. The molecule has 1 aromatic heterocycles. The van der Waals surface area contributed by atoms with Gasteiger partial charge in [-0.3, -0.25) is 4.98 Å². The molecule has 0 aliphatic heterocycles. The number of aromatic nitrogens is 1. The smallest absolute Gasteiger partial charge is 0.0705 e. The van der Waals surface area contributed by atoms with Crippen LogP contribution < -0.4 is 5.32 Å². The van der Waals surface area contributed by atoms with Crippen LogP contribution in [0.2, 0.25) is 0 Å². The van der Waals surface area contributed by atoms with E-state index in [1.165, 1.54) is 11.1 Å². The Balaban J connectivity index is 2.16. The fourth-order valence-corrected chi connectivity index (χ4v) is 2.25. The zero-order valence-electron chi connectivity index (χ0n) is 11.5. The number of nitrogens with zero attached hydrogens (tertiary/aromatic N) is 1. The van der Waals surface area contributed by atoms with E-state index in [9.17, 15) is 0 Å². The van der Waals surface area contributed by atoms with Gasteiger partial charge >= 0.3 is 0 Å². The van der Waals surface area contributed by atoms with Gasteiger partial charge in [0.05, 0.1) is 5.52 Å². The zero-order valence-corrected chi connectivity index (χ0v) is 11.5. The van der Waals surface area contributed by atoms with Crippen LogP contribution in [0.3, 0.4) is 0 Å². The molecule has 18 heavy (non-hydrogen) atoms. The third-order valence-electron chi connectivity index (χ3n) is 3.37. The molecule has 0 aliphatic rings. The van der Waals surface area contributed by atoms with Gasteiger partial charge in [-0.15, -0.1) is 0 Å². The van der Waals surface area contributed by atoms with Gasteiger partial charge in [-0.2, -0.15) is 0 Å². The first-order chi connectivity index (χ1) is 8.61. The molecule has 0 radical (unpaired) electrons. The zero-order chi connectivity index (χ0) is 13.0. The Bertz CT molecular complexity index is 517. The second-order valence-electron chi connectivity index (χ2n) is 5.69. The Hall–Kier alpha value is -1.41. The van der Waals surface area contributed by atoms with Gasteiger partial charge in [-0.05, 0) is 44.0 Å². The highest BCUT2D eigenvalue weighted by atomic mass is 14.8. The summed E-state index contributed by atoms with van der Waals surface area (Å²) in [4.78, 5) is 4.75. The van der Waals surface area contributed by atoms with Crippen molar-refractivity contribution in [1.82, 2.24) is 10.3 Å². The van der Waals surface area contributed by atoms with Crippen molar-refractivity contribution in [3.05, 3.63) is 42.1 Å². The molecule has 1 N–H and O–H groups in total. The normalized spacial score (nSPS) is 11.9. The van der Waals surface area contributed by atoms with E-state index < -0.39 is 0 Å². The van der Waals surface area contributed by atoms with Gasteiger partial charge in [0.15, 0.2) is 0 Å². The molecule has 0 unspecified atom stereocenters. The van der Waals surface area contributed by atoms with Gasteiger partial charge in [0.25, 0.3) is 0 Å². The summed E-state index contributed by atoms with van der Waals surface area (Å²) in [5.74, 6) is 0. The third kappa shape index (κ3) is 3.30. The van der Waals surface area contributed by atoms with E-state index in [4.69, 9.17) is 4.98 Å². The maximum Gasteiger partial charge on any atom is 0.0705 e. The minimum absolute atomic E-state index is 0.290. The molecule has 0 saturated heterocycles. The summed E-state index contributed by atoms with van der Waals surface area (Å²) < 4.78 is 0. The van der Waals surface area contributed by atoms with Gasteiger partial charge in [-0.25, -0.2) is 0 Å². The van der Waals surface area contributed by atoms with Crippen LogP contribution in [0.15, 0.2) is 36.4 Å². The SMILES string of the molecule is CNCCC(C)(C)Cc1ccc2ccccc2n1. The van der Waals surface area contributed by atoms with E-state index in [0.717, 1.165) is 24.9 Å². The highest BCUT2D eigenvalue weighted by molar-refractivity contribution is 5.78. The van der Waals surface area contributed by atoms with Crippen LogP contribution in [0, 0.1) is 5.41 Å². The Morgan fingerprint density at radius 3 is 2.67 bits per heavy atom. The number of para-hydroxylation sites is 1. The lowest BCUT2D eigenvalue weighted by Gasteiger charge is -2.24. The molecule has 0 spiro atoms. The van der Waals surface area contributed by atoms with Crippen molar-refractivity contribution in [2.45, 2.75) is 26.7 Å². The van der Waals surface area contributed by atoms with Crippen LogP contribution in [0.5, 0.6) is 0 Å². The van der Waals surface area contributed by atoms with Crippen LogP contribution in [0.1, 0.15) is 26.0 Å². The van der Waals surface area contributed by atoms with Crippen LogP contribution in [0.25, 0.3) is 10.9 Å². The summed E-state index contributed by atoms with van der Waals surface area (Å²) in [6, 6.07) is 12.6. The summed E-state index contributed by atoms with van der Waals surface area (Å²) in [5, 5.41) is 4.44. The Labute approximate surface area is 109 Å². The molecule has 0 amide bonds. The van der Waals surface area contributed by atoms with Crippen molar-refractivity contribution in [2.24, 2.45) is 5.41 Å².